The van der Waals surface area contributed by atoms with E-state index in [1.54, 1.807) is 10.9 Å². The van der Waals surface area contributed by atoms with Crippen molar-refractivity contribution in [1.82, 2.24) is 20.1 Å². The lowest BCUT2D eigenvalue weighted by Crippen LogP contribution is -2.21. The van der Waals surface area contributed by atoms with Crippen molar-refractivity contribution in [2.24, 2.45) is 0 Å². The summed E-state index contributed by atoms with van der Waals surface area (Å²) in [4.78, 5) is 16.2. The van der Waals surface area contributed by atoms with Crippen molar-refractivity contribution in [3.05, 3.63) is 94.9 Å². The zero-order valence-electron chi connectivity index (χ0n) is 20.6. The molecule has 0 bridgehead atoms. The molecule has 2 heterocycles. The van der Waals surface area contributed by atoms with Crippen LogP contribution < -0.4 is 5.32 Å². The fourth-order valence-electron chi connectivity index (χ4n) is 4.90. The second-order valence-corrected chi connectivity index (χ2v) is 9.36. The lowest BCUT2D eigenvalue weighted by molar-refractivity contribution is -0.137. The van der Waals surface area contributed by atoms with Crippen LogP contribution in [0.1, 0.15) is 39.2 Å². The number of hydrogen-bond donors (Lipinski definition) is 2. The third-order valence-corrected chi connectivity index (χ3v) is 6.87. The van der Waals surface area contributed by atoms with Gasteiger partial charge in [-0.15, -0.1) is 0 Å². The molecule has 0 atom stereocenters. The molecule has 2 aromatic carbocycles. The Hall–Kier alpha value is -3.98. The first-order chi connectivity index (χ1) is 18.3. The average Bonchev–Trinajstić information content (AvgIpc) is 3.30. The summed E-state index contributed by atoms with van der Waals surface area (Å²) in [5.74, 6) is -0.955. The number of carboxylic acids is 1. The van der Waals surface area contributed by atoms with Gasteiger partial charge in [0.15, 0.2) is 0 Å². The number of aromatic carboxylic acids is 1. The van der Waals surface area contributed by atoms with Crippen molar-refractivity contribution in [2.75, 3.05) is 13.1 Å². The van der Waals surface area contributed by atoms with Gasteiger partial charge in [-0.05, 0) is 79.2 Å². The van der Waals surface area contributed by atoms with E-state index < -0.39 is 17.7 Å². The van der Waals surface area contributed by atoms with Gasteiger partial charge in [0.25, 0.3) is 0 Å². The van der Waals surface area contributed by atoms with Gasteiger partial charge >= 0.3 is 12.1 Å². The molecule has 1 aliphatic carbocycles. The van der Waals surface area contributed by atoms with Crippen LogP contribution in [0.15, 0.2) is 67.0 Å². The van der Waals surface area contributed by atoms with Crippen LogP contribution in [0.25, 0.3) is 22.4 Å². The van der Waals surface area contributed by atoms with Gasteiger partial charge in [-0.1, -0.05) is 36.4 Å². The first-order valence-electron chi connectivity index (χ1n) is 12.5. The Balaban J connectivity index is 1.11. The molecule has 0 radical (unpaired) electrons. The Morgan fingerprint density at radius 3 is 2.37 bits per heavy atom. The summed E-state index contributed by atoms with van der Waals surface area (Å²) < 4.78 is 39.9. The van der Waals surface area contributed by atoms with Crippen LogP contribution in [-0.4, -0.2) is 38.9 Å². The smallest absolute Gasteiger partial charge is 0.416 e. The summed E-state index contributed by atoms with van der Waals surface area (Å²) in [6.07, 6.45) is 2.13. The van der Waals surface area contributed by atoms with Gasteiger partial charge < -0.3 is 10.4 Å². The molecule has 1 aliphatic rings. The van der Waals surface area contributed by atoms with Crippen molar-refractivity contribution in [2.45, 2.75) is 38.4 Å². The molecule has 0 spiro atoms. The Labute approximate surface area is 218 Å². The molecule has 2 N–H and O–H groups in total. The molecule has 0 unspecified atom stereocenters. The van der Waals surface area contributed by atoms with E-state index in [0.29, 0.717) is 19.5 Å². The van der Waals surface area contributed by atoms with Gasteiger partial charge in [0.2, 0.25) is 0 Å². The molecule has 2 aromatic heterocycles. The fourth-order valence-corrected chi connectivity index (χ4v) is 4.90. The summed E-state index contributed by atoms with van der Waals surface area (Å²) in [5, 5.41) is 17.9. The molecule has 5 rings (SSSR count). The minimum atomic E-state index is -4.34. The Morgan fingerprint density at radius 1 is 0.974 bits per heavy atom. The lowest BCUT2D eigenvalue weighted by atomic mass is 9.90. The van der Waals surface area contributed by atoms with Crippen LogP contribution in [0.4, 0.5) is 13.2 Å². The molecule has 0 amide bonds. The molecular weight excluding hydrogens is 493 g/mol. The number of aromatic nitrogens is 3. The predicted octanol–water partition coefficient (Wildman–Crippen LogP) is 5.65. The molecule has 0 saturated heterocycles. The topological polar surface area (TPSA) is 80.0 Å². The maximum absolute atomic E-state index is 12.8. The summed E-state index contributed by atoms with van der Waals surface area (Å²) in [6.45, 7) is 1.97. The molecule has 9 heteroatoms. The quantitative estimate of drug-likeness (QED) is 0.279. The van der Waals surface area contributed by atoms with Gasteiger partial charge in [-0.3, -0.25) is 9.67 Å². The van der Waals surface area contributed by atoms with Gasteiger partial charge in [-0.2, -0.15) is 18.3 Å². The van der Waals surface area contributed by atoms with E-state index in [1.165, 1.54) is 12.1 Å². The number of alkyl halides is 3. The van der Waals surface area contributed by atoms with Crippen LogP contribution in [0.5, 0.6) is 0 Å². The number of pyridine rings is 1. The summed E-state index contributed by atoms with van der Waals surface area (Å²) in [7, 11) is 0. The van der Waals surface area contributed by atoms with Gasteiger partial charge in [0.05, 0.1) is 11.3 Å². The highest BCUT2D eigenvalue weighted by atomic mass is 19.4. The maximum Gasteiger partial charge on any atom is 0.416 e. The molecule has 0 aliphatic heterocycles. The monoisotopic (exact) mass is 520 g/mol. The highest BCUT2D eigenvalue weighted by Crippen LogP contribution is 2.34. The van der Waals surface area contributed by atoms with E-state index in [0.717, 1.165) is 77.0 Å². The van der Waals surface area contributed by atoms with E-state index in [-0.39, 0.29) is 5.69 Å². The normalized spacial score (nSPS) is 12.7. The second kappa shape index (κ2) is 10.8. The van der Waals surface area contributed by atoms with Crippen molar-refractivity contribution >= 4 is 5.97 Å². The van der Waals surface area contributed by atoms with Crippen molar-refractivity contribution in [3.8, 4) is 22.4 Å². The van der Waals surface area contributed by atoms with Crippen LogP contribution in [-0.2, 0) is 32.0 Å². The number of nitrogens with zero attached hydrogens (tertiary/aromatic N) is 3. The highest BCUT2D eigenvalue weighted by molar-refractivity contribution is 5.90. The van der Waals surface area contributed by atoms with E-state index in [2.05, 4.69) is 15.4 Å². The van der Waals surface area contributed by atoms with E-state index in [4.69, 9.17) is 0 Å². The number of fused-ring (bicyclic) bond motifs is 3. The van der Waals surface area contributed by atoms with E-state index in [1.807, 2.05) is 36.5 Å². The zero-order chi connectivity index (χ0) is 26.7. The molecule has 38 heavy (non-hydrogen) atoms. The maximum atomic E-state index is 12.8. The van der Waals surface area contributed by atoms with Crippen molar-refractivity contribution in [1.29, 1.82) is 0 Å². The minimum Gasteiger partial charge on any atom is -0.477 e. The Morgan fingerprint density at radius 2 is 1.68 bits per heavy atom. The van der Waals surface area contributed by atoms with Gasteiger partial charge in [-0.25, -0.2) is 4.79 Å². The van der Waals surface area contributed by atoms with E-state index in [9.17, 15) is 23.1 Å². The first kappa shape index (κ1) is 25.7. The van der Waals surface area contributed by atoms with Crippen LogP contribution in [0, 0.1) is 0 Å². The lowest BCUT2D eigenvalue weighted by Gasteiger charge is -2.14. The second-order valence-electron chi connectivity index (χ2n) is 9.36. The fraction of sp³-hybridized carbons (Fsp3) is 0.276. The molecule has 196 valence electrons. The Bertz CT molecular complexity index is 1430. The van der Waals surface area contributed by atoms with Crippen molar-refractivity contribution in [3.63, 3.8) is 0 Å². The standard InChI is InChI=1S/C29H27F3N4O2/c30-29(31,32)23-9-6-21(7-10-23)20-4-2-19(3-5-20)12-15-33-14-1-17-36-27(28(37)38)25-11-8-22-18-34-16-13-24(22)26(25)35-36/h2-7,9-10,13,16,18,33H,1,8,11-12,14-15,17H2,(H,37,38). The van der Waals surface area contributed by atoms with Crippen molar-refractivity contribution < 1.29 is 23.1 Å². The molecule has 6 nitrogen and oxygen atoms in total. The van der Waals surface area contributed by atoms with E-state index >= 15 is 0 Å². The largest absolute Gasteiger partial charge is 0.477 e. The third kappa shape index (κ3) is 5.47. The summed E-state index contributed by atoms with van der Waals surface area (Å²) in [5.41, 5.74) is 5.94. The zero-order valence-corrected chi connectivity index (χ0v) is 20.6. The van der Waals surface area contributed by atoms with Crippen LogP contribution in [0.3, 0.4) is 0 Å². The van der Waals surface area contributed by atoms with Crippen LogP contribution >= 0.6 is 0 Å². The van der Waals surface area contributed by atoms with Gasteiger partial charge in [0.1, 0.15) is 5.69 Å². The number of halogens is 3. The van der Waals surface area contributed by atoms with Gasteiger partial charge in [0, 0.05) is 30.1 Å². The molecule has 0 saturated carbocycles. The number of nitrogens with one attached hydrogen (secondary N) is 1. The minimum absolute atomic E-state index is 0.274. The van der Waals surface area contributed by atoms with Crippen LogP contribution in [0.2, 0.25) is 0 Å². The number of rotatable bonds is 9. The summed E-state index contributed by atoms with van der Waals surface area (Å²) >= 11 is 0. The highest BCUT2D eigenvalue weighted by Gasteiger charge is 2.30. The third-order valence-electron chi connectivity index (χ3n) is 6.87. The number of benzene rings is 2. The Kier molecular flexibility index (Phi) is 7.28. The number of hydrogen-bond acceptors (Lipinski definition) is 4. The molecule has 0 fully saturated rings. The number of carbonyl (C=O) groups is 1. The average molecular weight is 521 g/mol. The predicted molar refractivity (Wildman–Crippen MR) is 138 cm³/mol. The number of carboxylic acid groups (broad SMARTS) is 1. The summed E-state index contributed by atoms with van der Waals surface area (Å²) in [6, 6.07) is 14.9. The SMILES string of the molecule is O=C(O)c1c2c(nn1CCCNCCc1ccc(-c3ccc(C(F)(F)F)cc3)cc1)-c1ccncc1CC2. The number of aryl methyl sites for hydroxylation is 2. The molecular formula is C29H27F3N4O2. The first-order valence-corrected chi connectivity index (χ1v) is 12.5. The molecule has 4 aromatic rings.